The summed E-state index contributed by atoms with van der Waals surface area (Å²) in [6, 6.07) is 15.8. The van der Waals surface area contributed by atoms with Crippen LogP contribution in [0.4, 0.5) is 0 Å². The van der Waals surface area contributed by atoms with E-state index in [1.54, 1.807) is 6.92 Å². The summed E-state index contributed by atoms with van der Waals surface area (Å²) in [4.78, 5) is 16.4. The number of rotatable bonds is 8. The number of fused-ring (bicyclic) bond motifs is 1. The minimum Gasteiger partial charge on any atom is -0.489 e. The molecule has 0 aliphatic heterocycles. The van der Waals surface area contributed by atoms with Gasteiger partial charge in [0.05, 0.1) is 16.9 Å². The van der Waals surface area contributed by atoms with Gasteiger partial charge >= 0.3 is 5.97 Å². The summed E-state index contributed by atoms with van der Waals surface area (Å²) in [5.74, 6) is 1.05. The normalized spacial score (nSPS) is 10.8. The Labute approximate surface area is 195 Å². The van der Waals surface area contributed by atoms with Crippen molar-refractivity contribution in [2.24, 2.45) is 0 Å². The van der Waals surface area contributed by atoms with Crippen LogP contribution in [0, 0.1) is 6.92 Å². The third kappa shape index (κ3) is 4.87. The average molecular weight is 468 g/mol. The summed E-state index contributed by atoms with van der Waals surface area (Å²) >= 11 is 7.79. The van der Waals surface area contributed by atoms with Crippen molar-refractivity contribution in [3.05, 3.63) is 87.5 Å². The highest BCUT2D eigenvalue weighted by Gasteiger charge is 2.19. The Morgan fingerprint density at radius 3 is 2.69 bits per heavy atom. The summed E-state index contributed by atoms with van der Waals surface area (Å²) < 4.78 is 17.9. The van der Waals surface area contributed by atoms with E-state index >= 15 is 0 Å². The molecule has 4 rings (SSSR count). The predicted octanol–water partition coefficient (Wildman–Crippen LogP) is 6.59. The van der Waals surface area contributed by atoms with Crippen molar-refractivity contribution in [2.45, 2.75) is 27.1 Å². The number of aryl methyl sites for hydroxylation is 1. The number of nitrogens with zero attached hydrogens (tertiary/aromatic N) is 1. The maximum absolute atomic E-state index is 12.3. The topological polar surface area (TPSA) is 57.7 Å². The van der Waals surface area contributed by atoms with Crippen LogP contribution in [0.2, 0.25) is 5.15 Å². The second-order valence-corrected chi connectivity index (χ2v) is 8.38. The second-order valence-electron chi connectivity index (χ2n) is 7.14. The van der Waals surface area contributed by atoms with E-state index in [2.05, 4.69) is 4.98 Å². The molecule has 0 N–H and O–H groups in total. The molecular weight excluding hydrogens is 446 g/mol. The van der Waals surface area contributed by atoms with Crippen LogP contribution in [-0.2, 0) is 18.0 Å². The number of hydrogen-bond donors (Lipinski definition) is 0. The van der Waals surface area contributed by atoms with Crippen LogP contribution in [0.5, 0.6) is 11.5 Å². The highest BCUT2D eigenvalue weighted by Crippen LogP contribution is 2.35. The lowest BCUT2D eigenvalue weighted by Crippen LogP contribution is -2.05. The monoisotopic (exact) mass is 467 g/mol. The highest BCUT2D eigenvalue weighted by atomic mass is 35.5. The molecule has 2 heterocycles. The molecular formula is C25H22ClNO4S. The fourth-order valence-corrected chi connectivity index (χ4v) is 4.62. The number of thiophene rings is 1. The molecule has 0 bridgehead atoms. The summed E-state index contributed by atoms with van der Waals surface area (Å²) in [6.07, 6.45) is 1.46. The van der Waals surface area contributed by atoms with Crippen LogP contribution in [0.15, 0.2) is 60.1 Å². The van der Waals surface area contributed by atoms with E-state index in [4.69, 9.17) is 25.8 Å². The summed E-state index contributed by atoms with van der Waals surface area (Å²) in [5, 5.41) is 2.99. The van der Waals surface area contributed by atoms with Crippen LogP contribution in [0.1, 0.15) is 34.0 Å². The molecule has 0 unspecified atom stereocenters. The van der Waals surface area contributed by atoms with Gasteiger partial charge in [-0.15, -0.1) is 11.3 Å². The van der Waals surface area contributed by atoms with E-state index in [1.165, 1.54) is 17.5 Å². The van der Waals surface area contributed by atoms with E-state index in [-0.39, 0.29) is 6.61 Å². The lowest BCUT2D eigenvalue weighted by molar-refractivity contribution is 0.0528. The third-order valence-corrected chi connectivity index (χ3v) is 6.26. The largest absolute Gasteiger partial charge is 0.489 e. The molecule has 0 saturated carbocycles. The zero-order chi connectivity index (χ0) is 22.5. The minimum absolute atomic E-state index is 0.288. The first-order chi connectivity index (χ1) is 15.6. The summed E-state index contributed by atoms with van der Waals surface area (Å²) in [6.45, 7) is 4.82. The average Bonchev–Trinajstić information content (AvgIpc) is 3.23. The molecule has 5 nitrogen and oxygen atoms in total. The minimum atomic E-state index is -0.407. The van der Waals surface area contributed by atoms with Gasteiger partial charge < -0.3 is 14.2 Å². The first-order valence-electron chi connectivity index (χ1n) is 10.2. The van der Waals surface area contributed by atoms with E-state index in [0.29, 0.717) is 23.9 Å². The molecule has 0 spiro atoms. The molecule has 0 radical (unpaired) electrons. The number of carbonyl (C=O) groups is 1. The SMILES string of the molecule is CCOC(=O)c1cnc(Cl)c2c(COc3cc(OCc4ccccc4)ccc3C)csc12. The molecule has 7 heteroatoms. The Morgan fingerprint density at radius 1 is 1.09 bits per heavy atom. The van der Waals surface area contributed by atoms with Crippen molar-refractivity contribution >= 4 is 39.0 Å². The first kappa shape index (κ1) is 22.1. The summed E-state index contributed by atoms with van der Waals surface area (Å²) in [7, 11) is 0. The lowest BCUT2D eigenvalue weighted by atomic mass is 10.1. The fourth-order valence-electron chi connectivity index (χ4n) is 3.24. The van der Waals surface area contributed by atoms with Gasteiger partial charge in [0.1, 0.15) is 29.9 Å². The third-order valence-electron chi connectivity index (χ3n) is 4.91. The van der Waals surface area contributed by atoms with Gasteiger partial charge in [-0.05, 0) is 36.4 Å². The smallest absolute Gasteiger partial charge is 0.341 e. The quantitative estimate of drug-likeness (QED) is 0.216. The van der Waals surface area contributed by atoms with Crippen LogP contribution in [0.25, 0.3) is 10.1 Å². The van der Waals surface area contributed by atoms with Crippen LogP contribution < -0.4 is 9.47 Å². The van der Waals surface area contributed by atoms with Crippen LogP contribution >= 0.6 is 22.9 Å². The zero-order valence-electron chi connectivity index (χ0n) is 17.8. The van der Waals surface area contributed by atoms with Crippen molar-refractivity contribution in [3.63, 3.8) is 0 Å². The Bertz CT molecular complexity index is 1240. The van der Waals surface area contributed by atoms with Gasteiger partial charge in [-0.1, -0.05) is 48.0 Å². The van der Waals surface area contributed by atoms with Gasteiger partial charge in [0.15, 0.2) is 0 Å². The van der Waals surface area contributed by atoms with Crippen molar-refractivity contribution in [1.82, 2.24) is 4.98 Å². The second kappa shape index (κ2) is 10.0. The van der Waals surface area contributed by atoms with Crippen molar-refractivity contribution in [1.29, 1.82) is 0 Å². The molecule has 0 amide bonds. The van der Waals surface area contributed by atoms with E-state index in [1.807, 2.05) is 60.8 Å². The number of ether oxygens (including phenoxy) is 3. The van der Waals surface area contributed by atoms with Gasteiger partial charge in [-0.25, -0.2) is 9.78 Å². The molecule has 0 saturated heterocycles. The lowest BCUT2D eigenvalue weighted by Gasteiger charge is -2.12. The molecule has 2 aromatic carbocycles. The van der Waals surface area contributed by atoms with Crippen LogP contribution in [0.3, 0.4) is 0 Å². The zero-order valence-corrected chi connectivity index (χ0v) is 19.3. The number of pyridine rings is 1. The van der Waals surface area contributed by atoms with Gasteiger partial charge in [0, 0.05) is 23.2 Å². The molecule has 0 aliphatic carbocycles. The molecule has 2 aromatic heterocycles. The Balaban J connectivity index is 1.52. The Morgan fingerprint density at radius 2 is 1.91 bits per heavy atom. The van der Waals surface area contributed by atoms with Gasteiger partial charge in [0.25, 0.3) is 0 Å². The number of benzene rings is 2. The van der Waals surface area contributed by atoms with Gasteiger partial charge in [-0.2, -0.15) is 0 Å². The molecule has 164 valence electrons. The summed E-state index contributed by atoms with van der Waals surface area (Å²) in [5.41, 5.74) is 3.37. The highest BCUT2D eigenvalue weighted by molar-refractivity contribution is 7.17. The van der Waals surface area contributed by atoms with Crippen molar-refractivity contribution in [2.75, 3.05) is 6.61 Å². The number of carbonyl (C=O) groups excluding carboxylic acids is 1. The molecule has 0 aliphatic rings. The molecule has 0 fully saturated rings. The van der Waals surface area contributed by atoms with E-state index < -0.39 is 5.97 Å². The molecule has 0 atom stereocenters. The number of esters is 1. The Hall–Kier alpha value is -3.09. The van der Waals surface area contributed by atoms with Gasteiger partial charge in [0.2, 0.25) is 0 Å². The maximum atomic E-state index is 12.3. The molecule has 32 heavy (non-hydrogen) atoms. The van der Waals surface area contributed by atoms with Crippen molar-refractivity contribution in [3.8, 4) is 11.5 Å². The number of halogens is 1. The first-order valence-corrected chi connectivity index (χ1v) is 11.4. The van der Waals surface area contributed by atoms with E-state index in [0.717, 1.165) is 38.3 Å². The fraction of sp³-hybridized carbons (Fsp3) is 0.200. The number of aromatic nitrogens is 1. The van der Waals surface area contributed by atoms with E-state index in [9.17, 15) is 4.79 Å². The maximum Gasteiger partial charge on any atom is 0.341 e. The van der Waals surface area contributed by atoms with Crippen LogP contribution in [-0.4, -0.2) is 17.6 Å². The number of hydrogen-bond acceptors (Lipinski definition) is 6. The predicted molar refractivity (Wildman–Crippen MR) is 127 cm³/mol. The molecule has 4 aromatic rings. The van der Waals surface area contributed by atoms with Crippen molar-refractivity contribution < 1.29 is 19.0 Å². The van der Waals surface area contributed by atoms with Gasteiger partial charge in [-0.3, -0.25) is 0 Å². The standard InChI is InChI=1S/C25H22ClNO4S/c1-3-29-25(28)20-12-27-24(26)22-18(15-32-23(20)22)14-31-21-11-19(10-9-16(21)2)30-13-17-7-5-4-6-8-17/h4-12,15H,3,13-14H2,1-2H3. The Kier molecular flexibility index (Phi) is 6.93.